The van der Waals surface area contributed by atoms with Crippen molar-refractivity contribution in [1.82, 2.24) is 0 Å². The quantitative estimate of drug-likeness (QED) is 0.837. The zero-order valence-electron chi connectivity index (χ0n) is 9.14. The average molecular weight is 269 g/mol. The molecule has 0 unspecified atom stereocenters. The highest BCUT2D eigenvalue weighted by Crippen LogP contribution is 2.22. The summed E-state index contributed by atoms with van der Waals surface area (Å²) in [5, 5.41) is 19.6. The fraction of sp³-hybridized carbons (Fsp3) is 0.182. The number of halogens is 1. The summed E-state index contributed by atoms with van der Waals surface area (Å²) >= 11 is 5.84. The highest BCUT2D eigenvalue weighted by atomic mass is 35.5. The van der Waals surface area contributed by atoms with E-state index in [4.69, 9.17) is 22.0 Å². The van der Waals surface area contributed by atoms with Gasteiger partial charge in [-0.3, -0.25) is 4.79 Å². The van der Waals surface area contributed by atoms with Crippen molar-refractivity contribution < 1.29 is 19.4 Å². The fourth-order valence-corrected chi connectivity index (χ4v) is 1.33. The molecule has 0 aliphatic rings. The molecule has 0 saturated carbocycles. The van der Waals surface area contributed by atoms with Gasteiger partial charge in [-0.15, -0.1) is 0 Å². The lowest BCUT2D eigenvalue weighted by molar-refractivity contribution is -0.143. The van der Waals surface area contributed by atoms with Crippen LogP contribution in [0.1, 0.15) is 5.56 Å². The first kappa shape index (κ1) is 14.0. The van der Waals surface area contributed by atoms with E-state index in [1.807, 2.05) is 6.07 Å². The molecule has 0 heterocycles. The van der Waals surface area contributed by atoms with Crippen molar-refractivity contribution in [2.75, 3.05) is 18.5 Å². The van der Waals surface area contributed by atoms with Gasteiger partial charge in [0.1, 0.15) is 13.2 Å². The summed E-state index contributed by atoms with van der Waals surface area (Å²) in [7, 11) is 0. The largest absolute Gasteiger partial charge is 0.480 e. The van der Waals surface area contributed by atoms with Gasteiger partial charge in [0.2, 0.25) is 5.91 Å². The topological polar surface area (TPSA) is 99.4 Å². The Kier molecular flexibility index (Phi) is 5.11. The van der Waals surface area contributed by atoms with Gasteiger partial charge in [-0.05, 0) is 18.2 Å². The molecule has 0 fully saturated rings. The predicted molar refractivity (Wildman–Crippen MR) is 63.3 cm³/mol. The van der Waals surface area contributed by atoms with E-state index < -0.39 is 18.5 Å². The number of carbonyl (C=O) groups is 2. The molecule has 0 aromatic heterocycles. The van der Waals surface area contributed by atoms with Gasteiger partial charge in [0, 0.05) is 0 Å². The number of nitriles is 1. The van der Waals surface area contributed by atoms with Crippen LogP contribution in [0.15, 0.2) is 18.2 Å². The van der Waals surface area contributed by atoms with Crippen molar-refractivity contribution in [2.24, 2.45) is 0 Å². The van der Waals surface area contributed by atoms with Crippen LogP contribution >= 0.6 is 11.6 Å². The third-order valence-electron chi connectivity index (χ3n) is 1.83. The van der Waals surface area contributed by atoms with Gasteiger partial charge in [0.25, 0.3) is 0 Å². The number of rotatable bonds is 5. The van der Waals surface area contributed by atoms with E-state index in [9.17, 15) is 9.59 Å². The van der Waals surface area contributed by atoms with Gasteiger partial charge in [-0.2, -0.15) is 5.26 Å². The molecule has 0 radical (unpaired) electrons. The molecule has 0 aliphatic carbocycles. The Hall–Kier alpha value is -2.10. The standard InChI is InChI=1S/C11H9ClN2O4/c12-8-3-7(4-13)1-2-9(8)14-10(15)5-18-6-11(16)17/h1-3H,5-6H2,(H,14,15)(H,16,17). The molecule has 0 aliphatic heterocycles. The lowest BCUT2D eigenvalue weighted by atomic mass is 10.2. The number of anilines is 1. The van der Waals surface area contributed by atoms with Crippen molar-refractivity contribution in [2.45, 2.75) is 0 Å². The lowest BCUT2D eigenvalue weighted by Gasteiger charge is -2.07. The Balaban J connectivity index is 2.54. The Morgan fingerprint density at radius 1 is 1.44 bits per heavy atom. The zero-order valence-corrected chi connectivity index (χ0v) is 9.90. The second-order valence-electron chi connectivity index (χ2n) is 3.24. The first-order valence-corrected chi connectivity index (χ1v) is 5.19. The molecule has 0 bridgehead atoms. The molecule has 0 spiro atoms. The molecule has 7 heteroatoms. The van der Waals surface area contributed by atoms with Crippen LogP contribution in [-0.2, 0) is 14.3 Å². The zero-order chi connectivity index (χ0) is 13.5. The minimum Gasteiger partial charge on any atom is -0.480 e. The van der Waals surface area contributed by atoms with Gasteiger partial charge < -0.3 is 15.2 Å². The number of ether oxygens (including phenoxy) is 1. The van der Waals surface area contributed by atoms with E-state index in [-0.39, 0.29) is 11.6 Å². The van der Waals surface area contributed by atoms with E-state index >= 15 is 0 Å². The second kappa shape index (κ2) is 6.59. The van der Waals surface area contributed by atoms with Crippen molar-refractivity contribution in [3.8, 4) is 6.07 Å². The second-order valence-corrected chi connectivity index (χ2v) is 3.65. The Labute approximate surface area is 108 Å². The average Bonchev–Trinajstić information content (AvgIpc) is 2.31. The fourth-order valence-electron chi connectivity index (χ4n) is 1.10. The summed E-state index contributed by atoms with van der Waals surface area (Å²) in [5.41, 5.74) is 0.708. The third kappa shape index (κ3) is 4.41. The molecule has 1 aromatic rings. The van der Waals surface area contributed by atoms with Crippen molar-refractivity contribution >= 4 is 29.2 Å². The van der Waals surface area contributed by atoms with Crippen LogP contribution in [0.4, 0.5) is 5.69 Å². The highest BCUT2D eigenvalue weighted by Gasteiger charge is 2.07. The number of benzene rings is 1. The molecule has 94 valence electrons. The first-order valence-electron chi connectivity index (χ1n) is 4.82. The minimum absolute atomic E-state index is 0.223. The van der Waals surface area contributed by atoms with Crippen LogP contribution in [0.5, 0.6) is 0 Å². The number of aliphatic carboxylic acids is 1. The van der Waals surface area contributed by atoms with Gasteiger partial charge in [0.15, 0.2) is 0 Å². The number of carboxylic acid groups (broad SMARTS) is 1. The summed E-state index contributed by atoms with van der Waals surface area (Å²) in [4.78, 5) is 21.5. The lowest BCUT2D eigenvalue weighted by Crippen LogP contribution is -2.20. The van der Waals surface area contributed by atoms with E-state index in [1.165, 1.54) is 18.2 Å². The molecule has 1 rings (SSSR count). The van der Waals surface area contributed by atoms with Crippen molar-refractivity contribution in [3.63, 3.8) is 0 Å². The van der Waals surface area contributed by atoms with Crippen LogP contribution in [0, 0.1) is 11.3 Å². The van der Waals surface area contributed by atoms with E-state index in [0.717, 1.165) is 0 Å². The summed E-state index contributed by atoms with van der Waals surface area (Å²) in [6, 6.07) is 6.30. The summed E-state index contributed by atoms with van der Waals surface area (Å²) in [5.74, 6) is -1.68. The van der Waals surface area contributed by atoms with Crippen LogP contribution in [0.3, 0.4) is 0 Å². The van der Waals surface area contributed by atoms with E-state index in [2.05, 4.69) is 10.1 Å². The maximum absolute atomic E-state index is 11.3. The number of hydrogen-bond donors (Lipinski definition) is 2. The molecule has 0 saturated heterocycles. The molecule has 6 nitrogen and oxygen atoms in total. The van der Waals surface area contributed by atoms with E-state index in [1.54, 1.807) is 0 Å². The predicted octanol–water partition coefficient (Wildman–Crippen LogP) is 1.25. The molecule has 0 atom stereocenters. The van der Waals surface area contributed by atoms with Gasteiger partial charge >= 0.3 is 5.97 Å². The highest BCUT2D eigenvalue weighted by molar-refractivity contribution is 6.33. The number of carboxylic acids is 1. The van der Waals surface area contributed by atoms with Crippen LogP contribution in [0.2, 0.25) is 5.02 Å². The summed E-state index contributed by atoms with van der Waals surface area (Å²) in [6.07, 6.45) is 0. The van der Waals surface area contributed by atoms with Gasteiger partial charge in [-0.25, -0.2) is 4.79 Å². The molecular formula is C11H9ClN2O4. The number of carbonyl (C=O) groups excluding carboxylic acids is 1. The third-order valence-corrected chi connectivity index (χ3v) is 2.14. The molecule has 1 aromatic carbocycles. The SMILES string of the molecule is N#Cc1ccc(NC(=O)COCC(=O)O)c(Cl)c1. The summed E-state index contributed by atoms with van der Waals surface area (Å²) in [6.45, 7) is -0.933. The van der Waals surface area contributed by atoms with Crippen LogP contribution in [-0.4, -0.2) is 30.2 Å². The summed E-state index contributed by atoms with van der Waals surface area (Å²) < 4.78 is 4.61. The van der Waals surface area contributed by atoms with Gasteiger partial charge in [0.05, 0.1) is 22.3 Å². The number of nitrogens with zero attached hydrogens (tertiary/aromatic N) is 1. The van der Waals surface area contributed by atoms with Crippen molar-refractivity contribution in [1.29, 1.82) is 5.26 Å². The van der Waals surface area contributed by atoms with E-state index in [0.29, 0.717) is 11.3 Å². The smallest absolute Gasteiger partial charge is 0.329 e. The minimum atomic E-state index is -1.15. The maximum atomic E-state index is 11.3. The molecule has 2 N–H and O–H groups in total. The number of amides is 1. The maximum Gasteiger partial charge on any atom is 0.329 e. The van der Waals surface area contributed by atoms with Gasteiger partial charge in [-0.1, -0.05) is 11.6 Å². The molecule has 1 amide bonds. The van der Waals surface area contributed by atoms with Crippen LogP contribution in [0.25, 0.3) is 0 Å². The number of hydrogen-bond acceptors (Lipinski definition) is 4. The van der Waals surface area contributed by atoms with Crippen LogP contribution < -0.4 is 5.32 Å². The Bertz CT molecular complexity index is 510. The monoisotopic (exact) mass is 268 g/mol. The molecular weight excluding hydrogens is 260 g/mol. The molecule has 18 heavy (non-hydrogen) atoms. The normalized spacial score (nSPS) is 9.56. The number of nitrogens with one attached hydrogen (secondary N) is 1. The first-order chi connectivity index (χ1) is 8.52. The van der Waals surface area contributed by atoms with Crippen molar-refractivity contribution in [3.05, 3.63) is 28.8 Å². The Morgan fingerprint density at radius 2 is 2.17 bits per heavy atom. The Morgan fingerprint density at radius 3 is 2.72 bits per heavy atom.